The second-order valence-electron chi connectivity index (χ2n) is 2.15. The number of halogens is 1. The van der Waals surface area contributed by atoms with Crippen molar-refractivity contribution in [2.45, 2.75) is 0 Å². The van der Waals surface area contributed by atoms with Crippen LogP contribution in [0, 0.1) is 6.57 Å². The fourth-order valence-electron chi connectivity index (χ4n) is 0.769. The average Bonchev–Trinajstić information content (AvgIpc) is 2.03. The van der Waals surface area contributed by atoms with E-state index in [2.05, 4.69) is 20.8 Å². The zero-order valence-electron chi connectivity index (χ0n) is 6.16. The van der Waals surface area contributed by atoms with Crippen LogP contribution >= 0.6 is 15.9 Å². The summed E-state index contributed by atoms with van der Waals surface area (Å²) in [5, 5.41) is 9.05. The molecule has 0 aliphatic carbocycles. The molecule has 0 aliphatic heterocycles. The molecule has 0 amide bonds. The van der Waals surface area contributed by atoms with Gasteiger partial charge in [0.05, 0.1) is 6.57 Å². The summed E-state index contributed by atoms with van der Waals surface area (Å²) < 4.78 is 0.780. The molecule has 0 aromatic heterocycles. The van der Waals surface area contributed by atoms with E-state index >= 15 is 0 Å². The molecule has 1 aromatic rings. The SMILES string of the molecule is [C-]#[N+]C=Cc1ccc(O)cc1Br. The van der Waals surface area contributed by atoms with Crippen LogP contribution in [0.15, 0.2) is 28.9 Å². The molecule has 3 heteroatoms. The van der Waals surface area contributed by atoms with Gasteiger partial charge < -0.3 is 5.11 Å². The summed E-state index contributed by atoms with van der Waals surface area (Å²) >= 11 is 3.26. The van der Waals surface area contributed by atoms with Gasteiger partial charge in [-0.25, -0.2) is 4.85 Å². The average molecular weight is 224 g/mol. The van der Waals surface area contributed by atoms with Crippen LogP contribution in [0.2, 0.25) is 0 Å². The summed E-state index contributed by atoms with van der Waals surface area (Å²) in [5.41, 5.74) is 0.879. The van der Waals surface area contributed by atoms with Crippen molar-refractivity contribution >= 4 is 22.0 Å². The van der Waals surface area contributed by atoms with Crippen LogP contribution in [0.1, 0.15) is 5.56 Å². The minimum absolute atomic E-state index is 0.210. The fourth-order valence-corrected chi connectivity index (χ4v) is 1.27. The van der Waals surface area contributed by atoms with Gasteiger partial charge in [-0.15, -0.1) is 0 Å². The standard InChI is InChI=1S/C9H6BrNO/c1-11-5-4-7-2-3-8(12)6-9(7)10/h2-6,12H. The highest BCUT2D eigenvalue weighted by Crippen LogP contribution is 2.22. The molecule has 12 heavy (non-hydrogen) atoms. The van der Waals surface area contributed by atoms with Gasteiger partial charge in [-0.05, 0) is 17.7 Å². The summed E-state index contributed by atoms with van der Waals surface area (Å²) in [6.45, 7) is 6.54. The van der Waals surface area contributed by atoms with Crippen molar-refractivity contribution in [2.24, 2.45) is 0 Å². The predicted molar refractivity (Wildman–Crippen MR) is 51.4 cm³/mol. The first kappa shape index (κ1) is 8.82. The third kappa shape index (κ3) is 2.11. The monoisotopic (exact) mass is 223 g/mol. The van der Waals surface area contributed by atoms with Crippen LogP contribution in [0.5, 0.6) is 5.75 Å². The van der Waals surface area contributed by atoms with Gasteiger partial charge in [0.1, 0.15) is 5.75 Å². The van der Waals surface area contributed by atoms with Crippen LogP contribution < -0.4 is 0 Å². The zero-order valence-corrected chi connectivity index (χ0v) is 7.75. The zero-order chi connectivity index (χ0) is 8.97. The lowest BCUT2D eigenvalue weighted by Gasteiger charge is -1.97. The first-order valence-electron chi connectivity index (χ1n) is 3.25. The molecular formula is C9H6BrNO. The minimum Gasteiger partial charge on any atom is -0.508 e. The number of phenols is 1. The summed E-state index contributed by atoms with van der Waals surface area (Å²) in [5.74, 6) is 0.210. The highest BCUT2D eigenvalue weighted by Gasteiger charge is 1.95. The quantitative estimate of drug-likeness (QED) is 0.728. The van der Waals surface area contributed by atoms with Crippen molar-refractivity contribution in [1.29, 1.82) is 0 Å². The first-order valence-corrected chi connectivity index (χ1v) is 4.05. The van der Waals surface area contributed by atoms with E-state index in [1.54, 1.807) is 24.3 Å². The van der Waals surface area contributed by atoms with Crippen molar-refractivity contribution in [3.05, 3.63) is 45.9 Å². The Morgan fingerprint density at radius 1 is 1.50 bits per heavy atom. The van der Waals surface area contributed by atoms with Crippen LogP contribution in [-0.2, 0) is 0 Å². The molecule has 0 spiro atoms. The van der Waals surface area contributed by atoms with E-state index in [4.69, 9.17) is 11.7 Å². The van der Waals surface area contributed by atoms with E-state index in [1.165, 1.54) is 6.20 Å². The van der Waals surface area contributed by atoms with Crippen molar-refractivity contribution in [2.75, 3.05) is 0 Å². The molecule has 2 nitrogen and oxygen atoms in total. The number of phenolic OH excluding ortho intramolecular Hbond substituents is 1. The van der Waals surface area contributed by atoms with E-state index in [9.17, 15) is 0 Å². The minimum atomic E-state index is 0.210. The molecule has 1 aromatic carbocycles. The second kappa shape index (κ2) is 3.93. The topological polar surface area (TPSA) is 24.6 Å². The van der Waals surface area contributed by atoms with Gasteiger partial charge in [0.15, 0.2) is 6.20 Å². The molecule has 0 fully saturated rings. The summed E-state index contributed by atoms with van der Waals surface area (Å²) in [7, 11) is 0. The molecule has 0 saturated heterocycles. The highest BCUT2D eigenvalue weighted by atomic mass is 79.9. The number of nitrogens with zero attached hydrogens (tertiary/aromatic N) is 1. The molecule has 0 heterocycles. The number of hydrogen-bond acceptors (Lipinski definition) is 1. The van der Waals surface area contributed by atoms with Crippen LogP contribution in [0.25, 0.3) is 10.9 Å². The van der Waals surface area contributed by atoms with Crippen molar-refractivity contribution in [1.82, 2.24) is 0 Å². The maximum absolute atomic E-state index is 9.05. The molecule has 0 aliphatic rings. The lowest BCUT2D eigenvalue weighted by Crippen LogP contribution is -1.73. The van der Waals surface area contributed by atoms with Crippen LogP contribution in [0.3, 0.4) is 0 Å². The maximum Gasteiger partial charge on any atom is 0.154 e. The molecule has 1 N–H and O–H groups in total. The van der Waals surface area contributed by atoms with Gasteiger partial charge in [-0.3, -0.25) is 0 Å². The Bertz CT molecular complexity index is 352. The van der Waals surface area contributed by atoms with Gasteiger partial charge in [0, 0.05) is 4.47 Å². The molecule has 60 valence electrons. The lowest BCUT2D eigenvalue weighted by atomic mass is 10.2. The van der Waals surface area contributed by atoms with Gasteiger partial charge in [-0.1, -0.05) is 28.1 Å². The largest absolute Gasteiger partial charge is 0.508 e. The smallest absolute Gasteiger partial charge is 0.154 e. The highest BCUT2D eigenvalue weighted by molar-refractivity contribution is 9.10. The predicted octanol–water partition coefficient (Wildman–Crippen LogP) is 3.04. The normalized spacial score (nSPS) is 10.0. The Hall–Kier alpha value is -1.27. The Labute approximate surface area is 79.1 Å². The van der Waals surface area contributed by atoms with E-state index < -0.39 is 0 Å². The number of hydrogen-bond donors (Lipinski definition) is 1. The summed E-state index contributed by atoms with van der Waals surface area (Å²) in [6.07, 6.45) is 3.05. The number of rotatable bonds is 1. The molecule has 0 atom stereocenters. The molecule has 0 unspecified atom stereocenters. The molecule has 1 rings (SSSR count). The van der Waals surface area contributed by atoms with E-state index in [0.29, 0.717) is 0 Å². The van der Waals surface area contributed by atoms with Crippen LogP contribution in [0.4, 0.5) is 0 Å². The van der Waals surface area contributed by atoms with Crippen LogP contribution in [-0.4, -0.2) is 5.11 Å². The Balaban J connectivity index is 3.03. The number of aromatic hydroxyl groups is 1. The molecule has 0 radical (unpaired) electrons. The Morgan fingerprint density at radius 3 is 2.83 bits per heavy atom. The summed E-state index contributed by atoms with van der Waals surface area (Å²) in [4.78, 5) is 3.08. The Morgan fingerprint density at radius 2 is 2.25 bits per heavy atom. The van der Waals surface area contributed by atoms with Gasteiger partial charge in [0.2, 0.25) is 0 Å². The van der Waals surface area contributed by atoms with Crippen molar-refractivity contribution < 1.29 is 5.11 Å². The van der Waals surface area contributed by atoms with E-state index in [0.717, 1.165) is 10.0 Å². The van der Waals surface area contributed by atoms with Gasteiger partial charge >= 0.3 is 0 Å². The molecule has 0 bridgehead atoms. The number of benzene rings is 1. The fraction of sp³-hybridized carbons (Fsp3) is 0. The maximum atomic E-state index is 9.05. The van der Waals surface area contributed by atoms with Gasteiger partial charge in [0.25, 0.3) is 0 Å². The summed E-state index contributed by atoms with van der Waals surface area (Å²) in [6, 6.07) is 4.90. The molecule has 0 saturated carbocycles. The second-order valence-corrected chi connectivity index (χ2v) is 3.00. The van der Waals surface area contributed by atoms with Gasteiger partial charge in [-0.2, -0.15) is 0 Å². The lowest BCUT2D eigenvalue weighted by molar-refractivity contribution is 0.475. The third-order valence-corrected chi connectivity index (χ3v) is 2.00. The van der Waals surface area contributed by atoms with Crippen molar-refractivity contribution in [3.63, 3.8) is 0 Å². The third-order valence-electron chi connectivity index (χ3n) is 1.31. The molecular weight excluding hydrogens is 218 g/mol. The van der Waals surface area contributed by atoms with E-state index in [1.807, 2.05) is 0 Å². The first-order chi connectivity index (χ1) is 5.74. The van der Waals surface area contributed by atoms with E-state index in [-0.39, 0.29) is 5.75 Å². The van der Waals surface area contributed by atoms with Crippen molar-refractivity contribution in [3.8, 4) is 5.75 Å². The Kier molecular flexibility index (Phi) is 2.89.